The number of nitrogens with two attached hydrogens (primary N) is 1. The maximum absolute atomic E-state index is 11.3. The van der Waals surface area contributed by atoms with Crippen molar-refractivity contribution in [3.63, 3.8) is 0 Å². The minimum atomic E-state index is 0.109. The Balaban J connectivity index is 2.52. The minimum Gasteiger partial charge on any atom is -0.359 e. The van der Waals surface area contributed by atoms with Crippen molar-refractivity contribution < 1.29 is 4.79 Å². The predicted molar refractivity (Wildman–Crippen MR) is 53.3 cm³/mol. The lowest BCUT2D eigenvalue weighted by Gasteiger charge is -2.35. The number of carbonyl (C=O) groups excluding carboxylic acids is 1. The molecule has 3 nitrogen and oxygen atoms in total. The van der Waals surface area contributed by atoms with Gasteiger partial charge in [-0.2, -0.15) is 0 Å². The second kappa shape index (κ2) is 4.61. The summed E-state index contributed by atoms with van der Waals surface area (Å²) in [4.78, 5) is 11.3. The summed E-state index contributed by atoms with van der Waals surface area (Å²) in [5.41, 5.74) is 5.87. The third-order valence-electron chi connectivity index (χ3n) is 3.16. The van der Waals surface area contributed by atoms with Crippen molar-refractivity contribution in [3.05, 3.63) is 0 Å². The van der Waals surface area contributed by atoms with Crippen LogP contribution in [-0.2, 0) is 4.79 Å². The largest absolute Gasteiger partial charge is 0.359 e. The third kappa shape index (κ3) is 2.69. The molecule has 0 unspecified atom stereocenters. The van der Waals surface area contributed by atoms with Crippen molar-refractivity contribution in [1.82, 2.24) is 5.32 Å². The van der Waals surface area contributed by atoms with Crippen LogP contribution in [0.15, 0.2) is 0 Å². The highest BCUT2D eigenvalue weighted by Crippen LogP contribution is 2.38. The van der Waals surface area contributed by atoms with Crippen LogP contribution in [-0.4, -0.2) is 19.5 Å². The Kier molecular flexibility index (Phi) is 3.72. The number of hydrogen-bond acceptors (Lipinski definition) is 2. The van der Waals surface area contributed by atoms with Crippen LogP contribution in [0.1, 0.15) is 38.5 Å². The van der Waals surface area contributed by atoms with Crippen molar-refractivity contribution >= 4 is 5.91 Å². The van der Waals surface area contributed by atoms with E-state index in [1.165, 1.54) is 19.3 Å². The zero-order valence-electron chi connectivity index (χ0n) is 8.44. The van der Waals surface area contributed by atoms with Gasteiger partial charge in [0.1, 0.15) is 0 Å². The van der Waals surface area contributed by atoms with Gasteiger partial charge < -0.3 is 11.1 Å². The molecule has 0 radical (unpaired) electrons. The lowest BCUT2D eigenvalue weighted by molar-refractivity contribution is -0.123. The van der Waals surface area contributed by atoms with E-state index in [-0.39, 0.29) is 11.3 Å². The summed E-state index contributed by atoms with van der Waals surface area (Å²) in [7, 11) is 1.69. The van der Waals surface area contributed by atoms with Gasteiger partial charge in [-0.1, -0.05) is 19.3 Å². The number of rotatable bonds is 3. The average Bonchev–Trinajstić information content (AvgIpc) is 2.19. The lowest BCUT2D eigenvalue weighted by Crippen LogP contribution is -2.37. The molecular formula is C10H20N2O. The molecule has 1 saturated carbocycles. The number of carbonyl (C=O) groups is 1. The van der Waals surface area contributed by atoms with Crippen LogP contribution in [0.4, 0.5) is 0 Å². The highest BCUT2D eigenvalue weighted by molar-refractivity contribution is 5.76. The fraction of sp³-hybridized carbons (Fsp3) is 0.900. The van der Waals surface area contributed by atoms with E-state index >= 15 is 0 Å². The van der Waals surface area contributed by atoms with Gasteiger partial charge in [0.2, 0.25) is 5.91 Å². The van der Waals surface area contributed by atoms with Gasteiger partial charge >= 0.3 is 0 Å². The van der Waals surface area contributed by atoms with Crippen LogP contribution in [0.25, 0.3) is 0 Å². The lowest BCUT2D eigenvalue weighted by atomic mass is 9.72. The molecule has 0 heterocycles. The van der Waals surface area contributed by atoms with Crippen molar-refractivity contribution in [2.24, 2.45) is 11.1 Å². The molecule has 13 heavy (non-hydrogen) atoms. The monoisotopic (exact) mass is 184 g/mol. The Morgan fingerprint density at radius 1 is 1.38 bits per heavy atom. The zero-order valence-corrected chi connectivity index (χ0v) is 8.44. The highest BCUT2D eigenvalue weighted by Gasteiger charge is 2.32. The van der Waals surface area contributed by atoms with E-state index in [9.17, 15) is 4.79 Å². The Morgan fingerprint density at radius 2 is 2.00 bits per heavy atom. The molecule has 0 aromatic rings. The van der Waals surface area contributed by atoms with Crippen LogP contribution in [0, 0.1) is 5.41 Å². The molecular weight excluding hydrogens is 164 g/mol. The summed E-state index contributed by atoms with van der Waals surface area (Å²) >= 11 is 0. The van der Waals surface area contributed by atoms with Crippen LogP contribution < -0.4 is 11.1 Å². The van der Waals surface area contributed by atoms with Crippen molar-refractivity contribution in [1.29, 1.82) is 0 Å². The Labute approximate surface area is 80.1 Å². The van der Waals surface area contributed by atoms with Crippen LogP contribution in [0.2, 0.25) is 0 Å². The van der Waals surface area contributed by atoms with Gasteiger partial charge in [-0.25, -0.2) is 0 Å². The Hall–Kier alpha value is -0.570. The van der Waals surface area contributed by atoms with E-state index in [0.717, 1.165) is 12.8 Å². The van der Waals surface area contributed by atoms with Gasteiger partial charge in [0.15, 0.2) is 0 Å². The molecule has 1 rings (SSSR count). The first-order valence-corrected chi connectivity index (χ1v) is 5.13. The smallest absolute Gasteiger partial charge is 0.220 e. The maximum atomic E-state index is 11.3. The summed E-state index contributed by atoms with van der Waals surface area (Å²) < 4.78 is 0. The molecule has 0 aromatic carbocycles. The Morgan fingerprint density at radius 3 is 2.46 bits per heavy atom. The van der Waals surface area contributed by atoms with Crippen LogP contribution in [0.3, 0.4) is 0 Å². The minimum absolute atomic E-state index is 0.109. The third-order valence-corrected chi connectivity index (χ3v) is 3.16. The quantitative estimate of drug-likeness (QED) is 0.688. The number of hydrogen-bond donors (Lipinski definition) is 2. The standard InChI is InChI=1S/C10H20N2O/c1-12-9(13)7-10(8-11)5-3-2-4-6-10/h2-8,11H2,1H3,(H,12,13). The van der Waals surface area contributed by atoms with Crippen molar-refractivity contribution in [2.75, 3.05) is 13.6 Å². The fourth-order valence-corrected chi connectivity index (χ4v) is 2.18. The van der Waals surface area contributed by atoms with E-state index < -0.39 is 0 Å². The van der Waals surface area contributed by atoms with Gasteiger partial charge in [-0.05, 0) is 24.8 Å². The zero-order chi connectivity index (χ0) is 9.73. The molecule has 0 bridgehead atoms. The fourth-order valence-electron chi connectivity index (χ4n) is 2.18. The molecule has 3 heteroatoms. The summed E-state index contributed by atoms with van der Waals surface area (Å²) in [5, 5.41) is 2.68. The molecule has 0 aromatic heterocycles. The molecule has 0 spiro atoms. The average molecular weight is 184 g/mol. The topological polar surface area (TPSA) is 55.1 Å². The molecule has 3 N–H and O–H groups in total. The normalized spacial score (nSPS) is 21.1. The molecule has 0 saturated heterocycles. The van der Waals surface area contributed by atoms with E-state index in [4.69, 9.17) is 5.73 Å². The first kappa shape index (κ1) is 10.5. The van der Waals surface area contributed by atoms with Crippen molar-refractivity contribution in [2.45, 2.75) is 38.5 Å². The second-order valence-electron chi connectivity index (χ2n) is 4.11. The summed E-state index contributed by atoms with van der Waals surface area (Å²) in [5.74, 6) is 0.132. The first-order chi connectivity index (χ1) is 6.22. The predicted octanol–water partition coefficient (Wildman–Crippen LogP) is 1.03. The van der Waals surface area contributed by atoms with E-state index in [2.05, 4.69) is 5.32 Å². The first-order valence-electron chi connectivity index (χ1n) is 5.13. The highest BCUT2D eigenvalue weighted by atomic mass is 16.1. The van der Waals surface area contributed by atoms with E-state index in [1.54, 1.807) is 7.05 Å². The molecule has 1 aliphatic rings. The molecule has 0 atom stereocenters. The van der Waals surface area contributed by atoms with Crippen LogP contribution in [0.5, 0.6) is 0 Å². The second-order valence-corrected chi connectivity index (χ2v) is 4.11. The van der Waals surface area contributed by atoms with Crippen LogP contribution >= 0.6 is 0 Å². The molecule has 1 aliphatic carbocycles. The van der Waals surface area contributed by atoms with Gasteiger partial charge in [0, 0.05) is 13.5 Å². The van der Waals surface area contributed by atoms with E-state index in [0.29, 0.717) is 13.0 Å². The van der Waals surface area contributed by atoms with Gasteiger partial charge in [-0.15, -0.1) is 0 Å². The molecule has 76 valence electrons. The van der Waals surface area contributed by atoms with Gasteiger partial charge in [0.05, 0.1) is 0 Å². The number of nitrogens with one attached hydrogen (secondary N) is 1. The summed E-state index contributed by atoms with van der Waals surface area (Å²) in [6.07, 6.45) is 6.62. The Bertz CT molecular complexity index is 174. The van der Waals surface area contributed by atoms with E-state index in [1.807, 2.05) is 0 Å². The maximum Gasteiger partial charge on any atom is 0.220 e. The van der Waals surface area contributed by atoms with Gasteiger partial charge in [0.25, 0.3) is 0 Å². The molecule has 0 aliphatic heterocycles. The summed E-state index contributed by atoms with van der Waals surface area (Å²) in [6.45, 7) is 0.653. The molecule has 1 amide bonds. The van der Waals surface area contributed by atoms with Gasteiger partial charge in [-0.3, -0.25) is 4.79 Å². The summed E-state index contributed by atoms with van der Waals surface area (Å²) in [6, 6.07) is 0. The molecule has 1 fully saturated rings. The van der Waals surface area contributed by atoms with Crippen molar-refractivity contribution in [3.8, 4) is 0 Å². The number of amides is 1. The SMILES string of the molecule is CNC(=O)CC1(CN)CCCCC1.